The predicted molar refractivity (Wildman–Crippen MR) is 61.7 cm³/mol. The minimum Gasteiger partial charge on any atom is -0.507 e. The van der Waals surface area contributed by atoms with Gasteiger partial charge in [-0.1, -0.05) is 33.8 Å². The molecule has 0 atom stereocenters. The van der Waals surface area contributed by atoms with Crippen LogP contribution in [0.2, 0.25) is 0 Å². The van der Waals surface area contributed by atoms with Gasteiger partial charge in [-0.05, 0) is 23.5 Å². The van der Waals surface area contributed by atoms with E-state index in [0.29, 0.717) is 17.8 Å². The van der Waals surface area contributed by atoms with Crippen LogP contribution in [0.3, 0.4) is 0 Å². The molecule has 2 nitrogen and oxygen atoms in total. The van der Waals surface area contributed by atoms with Crippen molar-refractivity contribution in [2.45, 2.75) is 39.5 Å². The SMILES string of the molecule is CC(C)c1ccc(C=O)c(O)c1C(C)C. The molecule has 0 unspecified atom stereocenters. The van der Waals surface area contributed by atoms with Gasteiger partial charge in [-0.25, -0.2) is 0 Å². The molecule has 0 aliphatic heterocycles. The third-order valence-corrected chi connectivity index (χ3v) is 2.61. The van der Waals surface area contributed by atoms with E-state index < -0.39 is 0 Å². The van der Waals surface area contributed by atoms with Crippen LogP contribution in [0.25, 0.3) is 0 Å². The lowest BCUT2D eigenvalue weighted by Gasteiger charge is -2.18. The second kappa shape index (κ2) is 4.47. The average molecular weight is 206 g/mol. The minimum atomic E-state index is 0.145. The van der Waals surface area contributed by atoms with Gasteiger partial charge in [0.1, 0.15) is 5.75 Å². The number of aromatic hydroxyl groups is 1. The highest BCUT2D eigenvalue weighted by Crippen LogP contribution is 2.35. The van der Waals surface area contributed by atoms with E-state index in [1.54, 1.807) is 6.07 Å². The van der Waals surface area contributed by atoms with E-state index in [9.17, 15) is 9.90 Å². The van der Waals surface area contributed by atoms with Gasteiger partial charge in [-0.2, -0.15) is 0 Å². The van der Waals surface area contributed by atoms with Crippen molar-refractivity contribution in [3.05, 3.63) is 28.8 Å². The molecular formula is C13H18O2. The highest BCUT2D eigenvalue weighted by Gasteiger charge is 2.16. The summed E-state index contributed by atoms with van der Waals surface area (Å²) in [6.07, 6.45) is 0.700. The molecule has 0 fully saturated rings. The molecule has 82 valence electrons. The second-order valence-electron chi connectivity index (χ2n) is 4.43. The van der Waals surface area contributed by atoms with Gasteiger partial charge in [-0.3, -0.25) is 4.79 Å². The van der Waals surface area contributed by atoms with Crippen molar-refractivity contribution >= 4 is 6.29 Å². The molecule has 0 aliphatic carbocycles. The summed E-state index contributed by atoms with van der Waals surface area (Å²) in [6, 6.07) is 3.62. The smallest absolute Gasteiger partial charge is 0.153 e. The standard InChI is InChI=1S/C13H18O2/c1-8(2)11-6-5-10(7-14)13(15)12(11)9(3)4/h5-9,15H,1-4H3. The van der Waals surface area contributed by atoms with Gasteiger partial charge in [0.2, 0.25) is 0 Å². The Bertz CT molecular complexity index is 365. The lowest BCUT2D eigenvalue weighted by molar-refractivity contribution is 0.112. The molecule has 0 spiro atoms. The summed E-state index contributed by atoms with van der Waals surface area (Å²) in [5.74, 6) is 0.725. The Labute approximate surface area is 90.9 Å². The van der Waals surface area contributed by atoms with Crippen molar-refractivity contribution < 1.29 is 9.90 Å². The molecule has 15 heavy (non-hydrogen) atoms. The first kappa shape index (κ1) is 11.8. The largest absolute Gasteiger partial charge is 0.507 e. The van der Waals surface area contributed by atoms with Gasteiger partial charge in [0, 0.05) is 5.56 Å². The third kappa shape index (κ3) is 2.20. The van der Waals surface area contributed by atoms with Crippen LogP contribution < -0.4 is 0 Å². The van der Waals surface area contributed by atoms with Crippen LogP contribution in [0.15, 0.2) is 12.1 Å². The zero-order valence-corrected chi connectivity index (χ0v) is 9.74. The summed E-state index contributed by atoms with van der Waals surface area (Å²) in [6.45, 7) is 8.22. The van der Waals surface area contributed by atoms with Crippen molar-refractivity contribution in [3.63, 3.8) is 0 Å². The predicted octanol–water partition coefficient (Wildman–Crippen LogP) is 3.45. The molecule has 1 rings (SSSR count). The number of carbonyl (C=O) groups is 1. The molecule has 0 amide bonds. The molecule has 0 aliphatic rings. The minimum absolute atomic E-state index is 0.145. The van der Waals surface area contributed by atoms with Crippen molar-refractivity contribution in [2.75, 3.05) is 0 Å². The Kier molecular flexibility index (Phi) is 3.51. The molecule has 1 aromatic carbocycles. The Morgan fingerprint density at radius 1 is 1.13 bits per heavy atom. The van der Waals surface area contributed by atoms with Crippen LogP contribution in [0.5, 0.6) is 5.75 Å². The molecule has 0 saturated heterocycles. The zero-order chi connectivity index (χ0) is 11.6. The van der Waals surface area contributed by atoms with Crippen molar-refractivity contribution in [1.82, 2.24) is 0 Å². The summed E-state index contributed by atoms with van der Waals surface area (Å²) in [4.78, 5) is 10.7. The number of phenols is 1. The number of rotatable bonds is 3. The van der Waals surface area contributed by atoms with Gasteiger partial charge in [-0.15, -0.1) is 0 Å². The van der Waals surface area contributed by atoms with Crippen molar-refractivity contribution in [1.29, 1.82) is 0 Å². The summed E-state index contributed by atoms with van der Waals surface area (Å²) in [5.41, 5.74) is 2.39. The monoisotopic (exact) mass is 206 g/mol. The quantitative estimate of drug-likeness (QED) is 0.769. The molecule has 2 heteroatoms. The Morgan fingerprint density at radius 3 is 2.13 bits per heavy atom. The first-order valence-electron chi connectivity index (χ1n) is 5.30. The molecule has 1 N–H and O–H groups in total. The van der Waals surface area contributed by atoms with E-state index in [0.717, 1.165) is 11.1 Å². The van der Waals surface area contributed by atoms with Crippen LogP contribution in [0, 0.1) is 0 Å². The van der Waals surface area contributed by atoms with E-state index in [2.05, 4.69) is 13.8 Å². The van der Waals surface area contributed by atoms with Gasteiger partial charge in [0.25, 0.3) is 0 Å². The highest BCUT2D eigenvalue weighted by atomic mass is 16.3. The van der Waals surface area contributed by atoms with E-state index in [1.807, 2.05) is 19.9 Å². The van der Waals surface area contributed by atoms with Gasteiger partial charge in [0.15, 0.2) is 6.29 Å². The van der Waals surface area contributed by atoms with Gasteiger partial charge < -0.3 is 5.11 Å². The molecular weight excluding hydrogens is 188 g/mol. The zero-order valence-electron chi connectivity index (χ0n) is 9.74. The second-order valence-corrected chi connectivity index (χ2v) is 4.43. The van der Waals surface area contributed by atoms with Crippen LogP contribution in [-0.2, 0) is 0 Å². The topological polar surface area (TPSA) is 37.3 Å². The summed E-state index contributed by atoms with van der Waals surface area (Å²) in [5, 5.41) is 9.96. The first-order chi connectivity index (χ1) is 6.99. The number of benzene rings is 1. The third-order valence-electron chi connectivity index (χ3n) is 2.61. The van der Waals surface area contributed by atoms with Crippen LogP contribution in [0.4, 0.5) is 0 Å². The van der Waals surface area contributed by atoms with Crippen molar-refractivity contribution in [2.24, 2.45) is 0 Å². The fourth-order valence-electron chi connectivity index (χ4n) is 1.85. The van der Waals surface area contributed by atoms with E-state index >= 15 is 0 Å². The molecule has 0 saturated carbocycles. The average Bonchev–Trinajstić information content (AvgIpc) is 2.16. The van der Waals surface area contributed by atoms with Crippen LogP contribution in [-0.4, -0.2) is 11.4 Å². The highest BCUT2D eigenvalue weighted by molar-refractivity contribution is 5.80. The number of carbonyl (C=O) groups excluding carboxylic acids is 1. The molecule has 0 heterocycles. The lowest BCUT2D eigenvalue weighted by Crippen LogP contribution is -2.01. The number of hydrogen-bond donors (Lipinski definition) is 1. The molecule has 0 bridgehead atoms. The van der Waals surface area contributed by atoms with Crippen LogP contribution in [0.1, 0.15) is 61.0 Å². The summed E-state index contributed by atoms with van der Waals surface area (Å²) >= 11 is 0. The lowest BCUT2D eigenvalue weighted by atomic mass is 9.88. The number of hydrogen-bond acceptors (Lipinski definition) is 2. The van der Waals surface area contributed by atoms with E-state index in [4.69, 9.17) is 0 Å². The number of aldehydes is 1. The number of phenolic OH excluding ortho intramolecular Hbond substituents is 1. The molecule has 1 aromatic rings. The van der Waals surface area contributed by atoms with Gasteiger partial charge in [0.05, 0.1) is 5.56 Å². The maximum absolute atomic E-state index is 10.7. The van der Waals surface area contributed by atoms with Crippen molar-refractivity contribution in [3.8, 4) is 5.75 Å². The van der Waals surface area contributed by atoms with E-state index in [-0.39, 0.29) is 11.7 Å². The fraction of sp³-hybridized carbons (Fsp3) is 0.462. The van der Waals surface area contributed by atoms with Gasteiger partial charge >= 0.3 is 0 Å². The fourth-order valence-corrected chi connectivity index (χ4v) is 1.85. The maximum Gasteiger partial charge on any atom is 0.153 e. The van der Waals surface area contributed by atoms with Crippen LogP contribution >= 0.6 is 0 Å². The van der Waals surface area contributed by atoms with E-state index in [1.165, 1.54) is 0 Å². The molecule has 0 radical (unpaired) electrons. The Morgan fingerprint density at radius 2 is 1.73 bits per heavy atom. The Balaban J connectivity index is 3.44. The molecule has 0 aromatic heterocycles. The first-order valence-corrected chi connectivity index (χ1v) is 5.30. The normalized spacial score (nSPS) is 11.1. The summed E-state index contributed by atoms with van der Waals surface area (Å²) in [7, 11) is 0. The summed E-state index contributed by atoms with van der Waals surface area (Å²) < 4.78 is 0. The Hall–Kier alpha value is -1.31. The maximum atomic E-state index is 10.7.